The minimum absolute atomic E-state index is 0.392. The molecule has 1 heterocycles. The Bertz CT molecular complexity index is 583. The van der Waals surface area contributed by atoms with E-state index in [1.165, 1.54) is 21.3 Å². The SMILES string of the molecule is Cc1ccc(Br)c(N2CCNCC2c2ccccc2)c1. The zero-order valence-electron chi connectivity index (χ0n) is 11.6. The van der Waals surface area contributed by atoms with Crippen molar-refractivity contribution in [2.24, 2.45) is 0 Å². The van der Waals surface area contributed by atoms with E-state index in [0.29, 0.717) is 6.04 Å². The fraction of sp³-hybridized carbons (Fsp3) is 0.294. The van der Waals surface area contributed by atoms with Gasteiger partial charge < -0.3 is 10.2 Å². The molecule has 0 aromatic heterocycles. The van der Waals surface area contributed by atoms with Crippen LogP contribution in [0.2, 0.25) is 0 Å². The van der Waals surface area contributed by atoms with Crippen molar-refractivity contribution in [2.75, 3.05) is 24.5 Å². The van der Waals surface area contributed by atoms with E-state index in [4.69, 9.17) is 0 Å². The van der Waals surface area contributed by atoms with Gasteiger partial charge in [-0.15, -0.1) is 0 Å². The molecule has 0 aliphatic carbocycles. The molecule has 1 aliphatic rings. The van der Waals surface area contributed by atoms with Crippen molar-refractivity contribution in [2.45, 2.75) is 13.0 Å². The van der Waals surface area contributed by atoms with Gasteiger partial charge in [-0.2, -0.15) is 0 Å². The van der Waals surface area contributed by atoms with E-state index in [2.05, 4.69) is 81.6 Å². The van der Waals surface area contributed by atoms with E-state index < -0.39 is 0 Å². The normalized spacial score (nSPS) is 19.1. The number of aryl methyl sites for hydroxylation is 1. The number of hydrogen-bond donors (Lipinski definition) is 1. The number of rotatable bonds is 2. The van der Waals surface area contributed by atoms with Crippen molar-refractivity contribution < 1.29 is 0 Å². The molecule has 3 heteroatoms. The lowest BCUT2D eigenvalue weighted by Gasteiger charge is -2.39. The van der Waals surface area contributed by atoms with Crippen LogP contribution in [0.3, 0.4) is 0 Å². The molecule has 2 aromatic rings. The molecule has 0 saturated carbocycles. The summed E-state index contributed by atoms with van der Waals surface area (Å²) in [6, 6.07) is 17.7. The first kappa shape index (κ1) is 13.7. The van der Waals surface area contributed by atoms with Crippen LogP contribution in [0.4, 0.5) is 5.69 Å². The second-order valence-corrected chi connectivity index (χ2v) is 6.13. The number of anilines is 1. The Balaban J connectivity index is 1.99. The van der Waals surface area contributed by atoms with E-state index in [0.717, 1.165) is 19.6 Å². The topological polar surface area (TPSA) is 15.3 Å². The summed E-state index contributed by atoms with van der Waals surface area (Å²) >= 11 is 3.70. The summed E-state index contributed by atoms with van der Waals surface area (Å²) in [5.74, 6) is 0. The highest BCUT2D eigenvalue weighted by molar-refractivity contribution is 9.10. The Hall–Kier alpha value is -1.32. The molecule has 0 amide bonds. The molecule has 3 rings (SSSR count). The van der Waals surface area contributed by atoms with Crippen LogP contribution in [-0.2, 0) is 0 Å². The zero-order valence-corrected chi connectivity index (χ0v) is 13.2. The maximum absolute atomic E-state index is 3.70. The van der Waals surface area contributed by atoms with E-state index >= 15 is 0 Å². The van der Waals surface area contributed by atoms with E-state index in [1.54, 1.807) is 0 Å². The fourth-order valence-electron chi connectivity index (χ4n) is 2.81. The lowest BCUT2D eigenvalue weighted by molar-refractivity contribution is 0.489. The van der Waals surface area contributed by atoms with Gasteiger partial charge in [-0.3, -0.25) is 0 Å². The van der Waals surface area contributed by atoms with Crippen LogP contribution in [0.5, 0.6) is 0 Å². The largest absolute Gasteiger partial charge is 0.361 e. The average molecular weight is 331 g/mol. The molecule has 1 aliphatic heterocycles. The van der Waals surface area contributed by atoms with E-state index in [1.807, 2.05) is 0 Å². The quantitative estimate of drug-likeness (QED) is 0.898. The smallest absolute Gasteiger partial charge is 0.0667 e. The summed E-state index contributed by atoms with van der Waals surface area (Å²) in [6.07, 6.45) is 0. The van der Waals surface area contributed by atoms with Gasteiger partial charge in [0, 0.05) is 24.1 Å². The van der Waals surface area contributed by atoms with Gasteiger partial charge in [0.25, 0.3) is 0 Å². The Morgan fingerprint density at radius 1 is 1.15 bits per heavy atom. The Morgan fingerprint density at radius 2 is 1.95 bits per heavy atom. The van der Waals surface area contributed by atoms with Crippen LogP contribution in [0, 0.1) is 6.92 Å². The monoisotopic (exact) mass is 330 g/mol. The van der Waals surface area contributed by atoms with Crippen LogP contribution in [0.1, 0.15) is 17.2 Å². The van der Waals surface area contributed by atoms with Crippen molar-refractivity contribution in [3.63, 3.8) is 0 Å². The van der Waals surface area contributed by atoms with E-state index in [-0.39, 0.29) is 0 Å². The highest BCUT2D eigenvalue weighted by Crippen LogP contribution is 2.34. The molecule has 1 fully saturated rings. The van der Waals surface area contributed by atoms with Crippen molar-refractivity contribution in [3.8, 4) is 0 Å². The van der Waals surface area contributed by atoms with Crippen LogP contribution in [0.15, 0.2) is 53.0 Å². The lowest BCUT2D eigenvalue weighted by Crippen LogP contribution is -2.46. The van der Waals surface area contributed by atoms with E-state index in [9.17, 15) is 0 Å². The lowest BCUT2D eigenvalue weighted by atomic mass is 10.0. The second kappa shape index (κ2) is 5.98. The van der Waals surface area contributed by atoms with Crippen LogP contribution < -0.4 is 10.2 Å². The van der Waals surface area contributed by atoms with Gasteiger partial charge in [0.2, 0.25) is 0 Å². The highest BCUT2D eigenvalue weighted by atomic mass is 79.9. The third kappa shape index (κ3) is 2.74. The molecule has 0 radical (unpaired) electrons. The molecule has 1 atom stereocenters. The summed E-state index contributed by atoms with van der Waals surface area (Å²) in [4.78, 5) is 2.50. The molecular formula is C17H19BrN2. The Morgan fingerprint density at radius 3 is 2.75 bits per heavy atom. The molecule has 1 N–H and O–H groups in total. The van der Waals surface area contributed by atoms with Crippen LogP contribution in [-0.4, -0.2) is 19.6 Å². The summed E-state index contributed by atoms with van der Waals surface area (Å²) in [5, 5.41) is 3.51. The highest BCUT2D eigenvalue weighted by Gasteiger charge is 2.25. The number of halogens is 1. The van der Waals surface area contributed by atoms with Crippen molar-refractivity contribution in [1.82, 2.24) is 5.32 Å². The minimum Gasteiger partial charge on any atom is -0.361 e. The minimum atomic E-state index is 0.392. The molecule has 1 unspecified atom stereocenters. The predicted octanol–water partition coefficient (Wildman–Crippen LogP) is 3.91. The maximum Gasteiger partial charge on any atom is 0.0667 e. The Kier molecular flexibility index (Phi) is 4.08. The second-order valence-electron chi connectivity index (χ2n) is 5.28. The van der Waals surface area contributed by atoms with Gasteiger partial charge in [0.05, 0.1) is 11.7 Å². The summed E-state index contributed by atoms with van der Waals surface area (Å²) in [7, 11) is 0. The number of nitrogens with one attached hydrogen (secondary N) is 1. The maximum atomic E-state index is 3.70. The average Bonchev–Trinajstić information content (AvgIpc) is 2.51. The van der Waals surface area contributed by atoms with Crippen LogP contribution in [0.25, 0.3) is 0 Å². The number of benzene rings is 2. The third-order valence-corrected chi connectivity index (χ3v) is 4.51. The molecular weight excluding hydrogens is 312 g/mol. The van der Waals surface area contributed by atoms with Gasteiger partial charge in [0.1, 0.15) is 0 Å². The number of nitrogens with zero attached hydrogens (tertiary/aromatic N) is 1. The van der Waals surface area contributed by atoms with Crippen molar-refractivity contribution in [3.05, 3.63) is 64.1 Å². The van der Waals surface area contributed by atoms with Crippen molar-refractivity contribution in [1.29, 1.82) is 0 Å². The molecule has 2 aromatic carbocycles. The zero-order chi connectivity index (χ0) is 13.9. The standard InChI is InChI=1S/C17H19BrN2/c1-13-7-8-15(18)16(11-13)20-10-9-19-12-17(20)14-5-3-2-4-6-14/h2-8,11,17,19H,9-10,12H2,1H3. The third-order valence-electron chi connectivity index (χ3n) is 3.84. The summed E-state index contributed by atoms with van der Waals surface area (Å²) < 4.78 is 1.17. The number of piperazine rings is 1. The van der Waals surface area contributed by atoms with Gasteiger partial charge in [-0.05, 0) is 46.1 Å². The molecule has 1 saturated heterocycles. The Labute approximate surface area is 128 Å². The number of hydrogen-bond acceptors (Lipinski definition) is 2. The molecule has 20 heavy (non-hydrogen) atoms. The van der Waals surface area contributed by atoms with Gasteiger partial charge in [0.15, 0.2) is 0 Å². The summed E-state index contributed by atoms with van der Waals surface area (Å²) in [6.45, 7) is 5.20. The fourth-order valence-corrected chi connectivity index (χ4v) is 3.28. The molecule has 104 valence electrons. The first-order valence-electron chi connectivity index (χ1n) is 7.04. The van der Waals surface area contributed by atoms with Crippen molar-refractivity contribution >= 4 is 21.6 Å². The first-order chi connectivity index (χ1) is 9.75. The summed E-state index contributed by atoms with van der Waals surface area (Å²) in [5.41, 5.74) is 3.96. The predicted molar refractivity (Wildman–Crippen MR) is 88.3 cm³/mol. The molecule has 2 nitrogen and oxygen atoms in total. The van der Waals surface area contributed by atoms with Crippen LogP contribution >= 0.6 is 15.9 Å². The van der Waals surface area contributed by atoms with Gasteiger partial charge in [-0.25, -0.2) is 0 Å². The molecule has 0 bridgehead atoms. The van der Waals surface area contributed by atoms with Gasteiger partial charge in [-0.1, -0.05) is 36.4 Å². The van der Waals surface area contributed by atoms with Gasteiger partial charge >= 0.3 is 0 Å². The first-order valence-corrected chi connectivity index (χ1v) is 7.83. The molecule has 0 spiro atoms.